The van der Waals surface area contributed by atoms with Crippen molar-refractivity contribution in [3.8, 4) is 0 Å². The molecule has 0 radical (unpaired) electrons. The van der Waals surface area contributed by atoms with E-state index in [0.29, 0.717) is 0 Å². The summed E-state index contributed by atoms with van der Waals surface area (Å²) in [5.41, 5.74) is 1.33. The first kappa shape index (κ1) is 10.7. The van der Waals surface area contributed by atoms with Crippen molar-refractivity contribution < 1.29 is 4.79 Å². The van der Waals surface area contributed by atoms with Crippen LogP contribution in [0.15, 0.2) is 30.3 Å². The van der Waals surface area contributed by atoms with Crippen LogP contribution < -0.4 is 0 Å². The van der Waals surface area contributed by atoms with Gasteiger partial charge in [0.15, 0.2) is 0 Å². The van der Waals surface area contributed by atoms with E-state index in [2.05, 4.69) is 39.7 Å². The molecular formula is C8H8BrClO. The first-order valence-corrected chi connectivity index (χ1v) is 4.54. The number of hydrogen-bond donors (Lipinski definition) is 0. The van der Waals surface area contributed by atoms with E-state index in [1.54, 1.807) is 0 Å². The number of halogens is 2. The SMILES string of the molecule is BrCc1ccccc1.O=CCl. The molecule has 0 atom stereocenters. The van der Waals surface area contributed by atoms with Gasteiger partial charge in [0.1, 0.15) is 0 Å². The summed E-state index contributed by atoms with van der Waals surface area (Å²) in [6, 6.07) is 10.3. The summed E-state index contributed by atoms with van der Waals surface area (Å²) in [7, 11) is 0. The summed E-state index contributed by atoms with van der Waals surface area (Å²) in [4.78, 5) is 8.57. The van der Waals surface area contributed by atoms with Gasteiger partial charge in [0.25, 0.3) is 0 Å². The number of carbonyl (C=O) groups is 1. The van der Waals surface area contributed by atoms with Crippen LogP contribution >= 0.6 is 27.5 Å². The predicted molar refractivity (Wildman–Crippen MR) is 51.7 cm³/mol. The minimum absolute atomic E-state index is 0.222. The Morgan fingerprint density at radius 2 is 1.82 bits per heavy atom. The van der Waals surface area contributed by atoms with E-state index in [-0.39, 0.29) is 5.75 Å². The summed E-state index contributed by atoms with van der Waals surface area (Å²) >= 11 is 7.68. The van der Waals surface area contributed by atoms with Crippen LogP contribution in [0.25, 0.3) is 0 Å². The standard InChI is InChI=1S/C7H7Br.CHClO/c8-6-7-4-2-1-3-5-7;2-1-3/h1-5H,6H2;1H. The molecule has 0 N–H and O–H groups in total. The lowest BCUT2D eigenvalue weighted by molar-refractivity contribution is 0.569. The van der Waals surface area contributed by atoms with E-state index in [4.69, 9.17) is 4.79 Å². The molecule has 3 heteroatoms. The van der Waals surface area contributed by atoms with Crippen LogP contribution in [-0.4, -0.2) is 5.75 Å². The molecule has 60 valence electrons. The summed E-state index contributed by atoms with van der Waals surface area (Å²) in [6.07, 6.45) is 0. The molecule has 0 fully saturated rings. The molecule has 11 heavy (non-hydrogen) atoms. The monoisotopic (exact) mass is 234 g/mol. The number of benzene rings is 1. The van der Waals surface area contributed by atoms with Crippen LogP contribution in [0.5, 0.6) is 0 Å². The minimum Gasteiger partial charge on any atom is -0.285 e. The molecule has 0 spiro atoms. The summed E-state index contributed by atoms with van der Waals surface area (Å²) < 4.78 is 0. The zero-order valence-corrected chi connectivity index (χ0v) is 8.18. The molecule has 0 aliphatic heterocycles. The van der Waals surface area contributed by atoms with Gasteiger partial charge in [0.05, 0.1) is 0 Å². The Labute approximate surface area is 79.5 Å². The molecule has 0 aromatic heterocycles. The second-order valence-corrected chi connectivity index (χ2v) is 2.45. The lowest BCUT2D eigenvalue weighted by Crippen LogP contribution is -1.70. The molecule has 0 aliphatic rings. The third kappa shape index (κ3) is 6.07. The number of hydrogen-bond acceptors (Lipinski definition) is 1. The molecule has 0 aliphatic carbocycles. The third-order valence-corrected chi connectivity index (χ3v) is 1.64. The van der Waals surface area contributed by atoms with E-state index in [9.17, 15) is 0 Å². The molecule has 0 heterocycles. The predicted octanol–water partition coefficient (Wildman–Crippen LogP) is 3.00. The van der Waals surface area contributed by atoms with Crippen molar-refractivity contribution in [3.63, 3.8) is 0 Å². The Hall–Kier alpha value is -0.340. The topological polar surface area (TPSA) is 17.1 Å². The molecule has 1 aromatic carbocycles. The lowest BCUT2D eigenvalue weighted by Gasteiger charge is -1.88. The first-order valence-electron chi connectivity index (χ1n) is 2.99. The average molecular weight is 236 g/mol. The van der Waals surface area contributed by atoms with E-state index in [1.807, 2.05) is 18.2 Å². The summed E-state index contributed by atoms with van der Waals surface area (Å²) in [5.74, 6) is 0.222. The van der Waals surface area contributed by atoms with Crippen molar-refractivity contribution in [2.24, 2.45) is 0 Å². The molecule has 1 aromatic rings. The Morgan fingerprint density at radius 1 is 1.36 bits per heavy atom. The van der Waals surface area contributed by atoms with E-state index < -0.39 is 0 Å². The quantitative estimate of drug-likeness (QED) is 0.415. The van der Waals surface area contributed by atoms with Gasteiger partial charge in [0.2, 0.25) is 5.75 Å². The van der Waals surface area contributed by atoms with Gasteiger partial charge in [-0.25, -0.2) is 0 Å². The van der Waals surface area contributed by atoms with Crippen LogP contribution in [-0.2, 0) is 10.1 Å². The van der Waals surface area contributed by atoms with Gasteiger partial charge in [0, 0.05) is 5.33 Å². The Balaban J connectivity index is 0.000000292. The van der Waals surface area contributed by atoms with Gasteiger partial charge in [-0.2, -0.15) is 0 Å². The van der Waals surface area contributed by atoms with E-state index >= 15 is 0 Å². The van der Waals surface area contributed by atoms with Gasteiger partial charge >= 0.3 is 0 Å². The van der Waals surface area contributed by atoms with Crippen LogP contribution in [0.1, 0.15) is 5.56 Å². The first-order chi connectivity index (χ1) is 5.35. The van der Waals surface area contributed by atoms with Gasteiger partial charge in [-0.3, -0.25) is 4.79 Å². The smallest absolute Gasteiger partial charge is 0.208 e. The highest BCUT2D eigenvalue weighted by molar-refractivity contribution is 9.08. The number of carbonyl (C=O) groups excluding carboxylic acids is 1. The van der Waals surface area contributed by atoms with Gasteiger partial charge < -0.3 is 0 Å². The zero-order valence-electron chi connectivity index (χ0n) is 5.84. The lowest BCUT2D eigenvalue weighted by atomic mass is 10.2. The molecule has 0 saturated carbocycles. The van der Waals surface area contributed by atoms with Crippen molar-refractivity contribution in [2.45, 2.75) is 5.33 Å². The second-order valence-electron chi connectivity index (χ2n) is 1.71. The third-order valence-electron chi connectivity index (χ3n) is 0.997. The van der Waals surface area contributed by atoms with Crippen molar-refractivity contribution in [1.82, 2.24) is 0 Å². The summed E-state index contributed by atoms with van der Waals surface area (Å²) in [5, 5.41) is 0.952. The molecule has 1 rings (SSSR count). The van der Waals surface area contributed by atoms with E-state index in [1.165, 1.54) is 5.56 Å². The normalized spacial score (nSPS) is 7.82. The Bertz CT molecular complexity index is 189. The zero-order chi connectivity index (χ0) is 8.53. The van der Waals surface area contributed by atoms with Crippen LogP contribution in [0.4, 0.5) is 0 Å². The maximum Gasteiger partial charge on any atom is 0.208 e. The highest BCUT2D eigenvalue weighted by atomic mass is 79.9. The fraction of sp³-hybridized carbons (Fsp3) is 0.125. The highest BCUT2D eigenvalue weighted by Crippen LogP contribution is 2.02. The Kier molecular flexibility index (Phi) is 7.52. The molecule has 0 saturated heterocycles. The minimum atomic E-state index is 0.222. The van der Waals surface area contributed by atoms with Crippen molar-refractivity contribution >= 4 is 33.3 Å². The highest BCUT2D eigenvalue weighted by Gasteiger charge is 1.81. The molecule has 0 unspecified atom stereocenters. The Morgan fingerprint density at radius 3 is 2.09 bits per heavy atom. The largest absolute Gasteiger partial charge is 0.285 e. The van der Waals surface area contributed by atoms with Gasteiger partial charge in [-0.05, 0) is 17.2 Å². The van der Waals surface area contributed by atoms with Gasteiger partial charge in [-0.1, -0.05) is 46.3 Å². The average Bonchev–Trinajstić information content (AvgIpc) is 2.08. The number of alkyl halides is 1. The molecular weight excluding hydrogens is 227 g/mol. The maximum atomic E-state index is 8.57. The second kappa shape index (κ2) is 7.76. The van der Waals surface area contributed by atoms with Crippen molar-refractivity contribution in [2.75, 3.05) is 0 Å². The molecule has 0 amide bonds. The van der Waals surface area contributed by atoms with Crippen molar-refractivity contribution in [1.29, 1.82) is 0 Å². The van der Waals surface area contributed by atoms with E-state index in [0.717, 1.165) is 5.33 Å². The number of rotatable bonds is 1. The molecule has 0 bridgehead atoms. The molecule has 1 nitrogen and oxygen atoms in total. The van der Waals surface area contributed by atoms with Crippen molar-refractivity contribution in [3.05, 3.63) is 35.9 Å². The van der Waals surface area contributed by atoms with Crippen LogP contribution in [0.2, 0.25) is 0 Å². The fourth-order valence-corrected chi connectivity index (χ4v) is 0.941. The maximum absolute atomic E-state index is 8.57. The van der Waals surface area contributed by atoms with Crippen LogP contribution in [0.3, 0.4) is 0 Å². The summed E-state index contributed by atoms with van der Waals surface area (Å²) in [6.45, 7) is 0. The fourth-order valence-electron chi connectivity index (χ4n) is 0.567. The van der Waals surface area contributed by atoms with Crippen LogP contribution in [0, 0.1) is 0 Å². The van der Waals surface area contributed by atoms with Gasteiger partial charge in [-0.15, -0.1) is 0 Å².